The minimum Gasteiger partial charge on any atom is -0.479 e. The third-order valence-electron chi connectivity index (χ3n) is 4.97. The molecule has 26 heavy (non-hydrogen) atoms. The number of carboxylic acid groups (broad SMARTS) is 1. The van der Waals surface area contributed by atoms with Crippen molar-refractivity contribution in [3.63, 3.8) is 0 Å². The second kappa shape index (κ2) is 7.14. The fourth-order valence-electron chi connectivity index (χ4n) is 3.43. The standard InChI is InChI=1S/C18H21N5O3/c1-11-9-15(23-22-11)20-14-4-3-13(10-19)16(21-14)12-5-7-18(26-2,8-6-12)17(24)25/h3-4,9,12H,5-8H2,1-2H3,(H,24,25)(H2,20,21,22,23). The summed E-state index contributed by atoms with van der Waals surface area (Å²) in [5.41, 5.74) is 1.00. The molecule has 1 saturated carbocycles. The van der Waals surface area contributed by atoms with E-state index in [0.29, 0.717) is 48.6 Å². The summed E-state index contributed by atoms with van der Waals surface area (Å²) < 4.78 is 5.28. The molecule has 2 aromatic heterocycles. The maximum absolute atomic E-state index is 11.5. The van der Waals surface area contributed by atoms with Crippen molar-refractivity contribution in [2.24, 2.45) is 0 Å². The number of hydrogen-bond acceptors (Lipinski definition) is 6. The number of aryl methyl sites for hydroxylation is 1. The minimum atomic E-state index is -1.13. The predicted octanol–water partition coefficient (Wildman–Crippen LogP) is 2.86. The third-order valence-corrected chi connectivity index (χ3v) is 4.97. The van der Waals surface area contributed by atoms with Crippen molar-refractivity contribution in [1.82, 2.24) is 15.2 Å². The molecule has 136 valence electrons. The molecular weight excluding hydrogens is 334 g/mol. The number of aromatic nitrogens is 3. The number of hydrogen-bond donors (Lipinski definition) is 3. The van der Waals surface area contributed by atoms with Crippen molar-refractivity contribution in [1.29, 1.82) is 5.26 Å². The van der Waals surface area contributed by atoms with Gasteiger partial charge >= 0.3 is 5.97 Å². The van der Waals surface area contributed by atoms with Gasteiger partial charge in [0.05, 0.1) is 11.3 Å². The summed E-state index contributed by atoms with van der Waals surface area (Å²) in [7, 11) is 1.43. The molecule has 0 unspecified atom stereocenters. The molecule has 0 saturated heterocycles. The Bertz CT molecular complexity index is 847. The second-order valence-electron chi connectivity index (χ2n) is 6.58. The van der Waals surface area contributed by atoms with E-state index in [1.165, 1.54) is 7.11 Å². The molecule has 0 bridgehead atoms. The van der Waals surface area contributed by atoms with Crippen molar-refractivity contribution in [3.05, 3.63) is 35.2 Å². The average Bonchev–Trinajstić information content (AvgIpc) is 3.06. The number of nitrogens with zero attached hydrogens (tertiary/aromatic N) is 3. The third kappa shape index (κ3) is 3.39. The Labute approximate surface area is 151 Å². The fourth-order valence-corrected chi connectivity index (χ4v) is 3.43. The van der Waals surface area contributed by atoms with Gasteiger partial charge in [-0.2, -0.15) is 10.4 Å². The first kappa shape index (κ1) is 17.9. The first-order chi connectivity index (χ1) is 12.5. The van der Waals surface area contributed by atoms with E-state index in [1.807, 2.05) is 13.0 Å². The summed E-state index contributed by atoms with van der Waals surface area (Å²) in [6, 6.07) is 7.52. The zero-order valence-corrected chi connectivity index (χ0v) is 14.7. The van der Waals surface area contributed by atoms with Crippen molar-refractivity contribution in [2.45, 2.75) is 44.1 Å². The summed E-state index contributed by atoms with van der Waals surface area (Å²) in [5, 5.41) is 29.0. The first-order valence-corrected chi connectivity index (χ1v) is 8.46. The molecule has 0 radical (unpaired) electrons. The van der Waals surface area contributed by atoms with Crippen LogP contribution in [0.3, 0.4) is 0 Å². The Balaban J connectivity index is 1.82. The zero-order valence-electron chi connectivity index (χ0n) is 14.7. The highest BCUT2D eigenvalue weighted by atomic mass is 16.5. The van der Waals surface area contributed by atoms with E-state index >= 15 is 0 Å². The minimum absolute atomic E-state index is 0.0231. The summed E-state index contributed by atoms with van der Waals surface area (Å²) in [4.78, 5) is 16.1. The van der Waals surface area contributed by atoms with E-state index in [4.69, 9.17) is 4.74 Å². The van der Waals surface area contributed by atoms with Crippen LogP contribution < -0.4 is 5.32 Å². The Hall–Kier alpha value is -2.92. The number of aliphatic carboxylic acids is 1. The molecule has 0 spiro atoms. The van der Waals surface area contributed by atoms with Crippen LogP contribution in [-0.2, 0) is 9.53 Å². The molecule has 3 rings (SSSR count). The van der Waals surface area contributed by atoms with Gasteiger partial charge in [-0.15, -0.1) is 0 Å². The number of methoxy groups -OCH3 is 1. The van der Waals surface area contributed by atoms with E-state index < -0.39 is 11.6 Å². The molecule has 2 aromatic rings. The number of pyridine rings is 1. The van der Waals surface area contributed by atoms with Crippen molar-refractivity contribution < 1.29 is 14.6 Å². The van der Waals surface area contributed by atoms with Crippen LogP contribution >= 0.6 is 0 Å². The molecule has 1 fully saturated rings. The molecule has 8 heteroatoms. The number of ether oxygens (including phenoxy) is 1. The number of nitriles is 1. The van der Waals surface area contributed by atoms with E-state index in [1.54, 1.807) is 12.1 Å². The van der Waals surface area contributed by atoms with Gasteiger partial charge in [0.2, 0.25) is 0 Å². The molecular formula is C18H21N5O3. The highest BCUT2D eigenvalue weighted by molar-refractivity contribution is 5.77. The lowest BCUT2D eigenvalue weighted by Gasteiger charge is -2.35. The van der Waals surface area contributed by atoms with Crippen LogP contribution in [0.15, 0.2) is 18.2 Å². The van der Waals surface area contributed by atoms with Gasteiger partial charge in [0.25, 0.3) is 0 Å². The Morgan fingerprint density at radius 2 is 2.15 bits per heavy atom. The highest BCUT2D eigenvalue weighted by Gasteiger charge is 2.43. The van der Waals surface area contributed by atoms with Gasteiger partial charge in [-0.3, -0.25) is 5.10 Å². The van der Waals surface area contributed by atoms with Gasteiger partial charge in [0.1, 0.15) is 11.9 Å². The van der Waals surface area contributed by atoms with Crippen LogP contribution in [0.25, 0.3) is 0 Å². The number of carbonyl (C=O) groups is 1. The Morgan fingerprint density at radius 3 is 2.69 bits per heavy atom. The van der Waals surface area contributed by atoms with Crippen LogP contribution in [0, 0.1) is 18.3 Å². The maximum Gasteiger partial charge on any atom is 0.335 e. The van der Waals surface area contributed by atoms with Crippen LogP contribution in [0.2, 0.25) is 0 Å². The topological polar surface area (TPSA) is 124 Å². The van der Waals surface area contributed by atoms with E-state index in [2.05, 4.69) is 26.6 Å². The smallest absolute Gasteiger partial charge is 0.335 e. The normalized spacial score (nSPS) is 22.6. The molecule has 1 aliphatic carbocycles. The Kier molecular flexibility index (Phi) is 4.91. The summed E-state index contributed by atoms with van der Waals surface area (Å²) >= 11 is 0. The van der Waals surface area contributed by atoms with Gasteiger partial charge in [-0.05, 0) is 44.7 Å². The molecule has 0 amide bonds. The molecule has 0 aromatic carbocycles. The largest absolute Gasteiger partial charge is 0.479 e. The number of H-pyrrole nitrogens is 1. The number of aromatic amines is 1. The van der Waals surface area contributed by atoms with Crippen LogP contribution in [0.1, 0.15) is 48.6 Å². The van der Waals surface area contributed by atoms with Gasteiger partial charge in [-0.1, -0.05) is 0 Å². The summed E-state index contributed by atoms with van der Waals surface area (Å²) in [6.45, 7) is 1.91. The lowest BCUT2D eigenvalue weighted by Crippen LogP contribution is -2.43. The highest BCUT2D eigenvalue weighted by Crippen LogP contribution is 2.40. The molecule has 1 aliphatic rings. The molecule has 0 aliphatic heterocycles. The molecule has 2 heterocycles. The summed E-state index contributed by atoms with van der Waals surface area (Å²) in [6.07, 6.45) is 2.00. The molecule has 3 N–H and O–H groups in total. The first-order valence-electron chi connectivity index (χ1n) is 8.46. The lowest BCUT2D eigenvalue weighted by molar-refractivity contribution is -0.166. The van der Waals surface area contributed by atoms with Gasteiger partial charge in [-0.25, -0.2) is 9.78 Å². The summed E-state index contributed by atoms with van der Waals surface area (Å²) in [5.74, 6) is 0.345. The van der Waals surface area contributed by atoms with E-state index in [0.717, 1.165) is 5.69 Å². The maximum atomic E-state index is 11.5. The van der Waals surface area contributed by atoms with Gasteiger partial charge in [0, 0.05) is 24.8 Å². The zero-order chi connectivity index (χ0) is 18.7. The van der Waals surface area contributed by atoms with Crippen LogP contribution in [0.5, 0.6) is 0 Å². The quantitative estimate of drug-likeness (QED) is 0.753. The van der Waals surface area contributed by atoms with Gasteiger partial charge < -0.3 is 15.2 Å². The van der Waals surface area contributed by atoms with E-state index in [9.17, 15) is 15.2 Å². The number of carboxylic acids is 1. The Morgan fingerprint density at radius 1 is 1.42 bits per heavy atom. The average molecular weight is 355 g/mol. The van der Waals surface area contributed by atoms with Crippen molar-refractivity contribution >= 4 is 17.6 Å². The van der Waals surface area contributed by atoms with Crippen molar-refractivity contribution in [2.75, 3.05) is 12.4 Å². The lowest BCUT2D eigenvalue weighted by atomic mass is 9.76. The van der Waals surface area contributed by atoms with Gasteiger partial charge in [0.15, 0.2) is 11.4 Å². The molecule has 0 atom stereocenters. The molecule has 8 nitrogen and oxygen atoms in total. The number of nitrogens with one attached hydrogen (secondary N) is 2. The van der Waals surface area contributed by atoms with E-state index in [-0.39, 0.29) is 5.92 Å². The number of rotatable bonds is 5. The van der Waals surface area contributed by atoms with Crippen LogP contribution in [-0.4, -0.2) is 39.0 Å². The number of anilines is 2. The fraction of sp³-hybridized carbons (Fsp3) is 0.444. The van der Waals surface area contributed by atoms with Crippen LogP contribution in [0.4, 0.5) is 11.6 Å². The SMILES string of the molecule is COC1(C(=O)O)CCC(c2nc(Nc3cc(C)[nH]n3)ccc2C#N)CC1. The second-order valence-corrected chi connectivity index (χ2v) is 6.58. The van der Waals surface area contributed by atoms with Crippen molar-refractivity contribution in [3.8, 4) is 6.07 Å². The predicted molar refractivity (Wildman–Crippen MR) is 94.1 cm³/mol. The monoisotopic (exact) mass is 355 g/mol.